The van der Waals surface area contributed by atoms with Gasteiger partial charge in [-0.05, 0) is 83.8 Å². The van der Waals surface area contributed by atoms with Gasteiger partial charge in [0.25, 0.3) is 0 Å². The number of carbonyl (C=O) groups excluding carboxylic acids is 2. The number of hydrogen-bond acceptors (Lipinski definition) is 6. The molecule has 0 fully saturated rings. The number of hydrogen-bond donors (Lipinski definition) is 1. The van der Waals surface area contributed by atoms with Crippen LogP contribution >= 0.6 is 11.8 Å². The summed E-state index contributed by atoms with van der Waals surface area (Å²) in [5, 5.41) is 9.77. The van der Waals surface area contributed by atoms with Gasteiger partial charge in [-0.2, -0.15) is 0 Å². The van der Waals surface area contributed by atoms with Gasteiger partial charge in [-0.3, -0.25) is 9.59 Å². The molecule has 0 aliphatic heterocycles. The number of nitrogens with zero attached hydrogens (tertiary/aromatic N) is 1. The molecule has 0 spiro atoms. The number of esters is 1. The molecule has 0 aliphatic carbocycles. The Kier molecular flexibility index (Phi) is 41.1. The molecule has 0 aliphatic rings. The number of unbranched alkanes of at least 4 members (excludes halogenated alkanes) is 21. The highest BCUT2D eigenvalue weighted by Crippen LogP contribution is 2.25. The van der Waals surface area contributed by atoms with Gasteiger partial charge in [-0.15, -0.1) is 0 Å². The third-order valence-electron chi connectivity index (χ3n) is 10.9. The smallest absolute Gasteiger partial charge is 0.308 e. The summed E-state index contributed by atoms with van der Waals surface area (Å²) in [5.41, 5.74) is 0. The molecular formula is C46H91NO4S. The van der Waals surface area contributed by atoms with E-state index in [4.69, 9.17) is 4.74 Å². The first-order valence-corrected chi connectivity index (χ1v) is 24.2. The maximum atomic E-state index is 13.0. The lowest BCUT2D eigenvalue weighted by Crippen LogP contribution is -2.27. The van der Waals surface area contributed by atoms with Gasteiger partial charge in [-0.25, -0.2) is 0 Å². The van der Waals surface area contributed by atoms with Gasteiger partial charge in [0, 0.05) is 18.3 Å². The molecule has 52 heavy (non-hydrogen) atoms. The van der Waals surface area contributed by atoms with Crippen molar-refractivity contribution in [2.24, 2.45) is 11.8 Å². The fraction of sp³-hybridized carbons (Fsp3) is 0.957. The second-order valence-corrected chi connectivity index (χ2v) is 17.0. The van der Waals surface area contributed by atoms with Crippen LogP contribution in [0.2, 0.25) is 0 Å². The molecule has 0 rings (SSSR count). The summed E-state index contributed by atoms with van der Waals surface area (Å²) in [4.78, 5) is 28.5. The molecule has 310 valence electrons. The zero-order valence-electron chi connectivity index (χ0n) is 35.6. The maximum Gasteiger partial charge on any atom is 0.308 e. The van der Waals surface area contributed by atoms with Gasteiger partial charge in [0.05, 0.1) is 12.5 Å². The molecule has 0 aromatic carbocycles. The Morgan fingerprint density at radius 3 is 1.38 bits per heavy atom. The highest BCUT2D eigenvalue weighted by atomic mass is 32.2. The molecule has 0 radical (unpaired) electrons. The molecule has 0 aromatic rings. The highest BCUT2D eigenvalue weighted by Gasteiger charge is 2.20. The Labute approximate surface area is 329 Å². The Balaban J connectivity index is 4.20. The van der Waals surface area contributed by atoms with E-state index in [2.05, 4.69) is 32.6 Å². The predicted molar refractivity (Wildman–Crippen MR) is 229 cm³/mol. The topological polar surface area (TPSA) is 66.8 Å². The van der Waals surface area contributed by atoms with Crippen LogP contribution in [0.25, 0.3) is 0 Å². The van der Waals surface area contributed by atoms with Gasteiger partial charge in [0.1, 0.15) is 0 Å². The highest BCUT2D eigenvalue weighted by molar-refractivity contribution is 8.13. The van der Waals surface area contributed by atoms with Crippen LogP contribution in [-0.2, 0) is 14.3 Å². The molecule has 0 saturated carbocycles. The van der Waals surface area contributed by atoms with E-state index in [-0.39, 0.29) is 24.4 Å². The molecule has 1 N–H and O–H groups in total. The van der Waals surface area contributed by atoms with E-state index in [1.165, 1.54) is 135 Å². The van der Waals surface area contributed by atoms with Crippen molar-refractivity contribution in [2.45, 2.75) is 233 Å². The van der Waals surface area contributed by atoms with E-state index >= 15 is 0 Å². The number of ether oxygens (including phenoxy) is 1. The zero-order chi connectivity index (χ0) is 38.2. The summed E-state index contributed by atoms with van der Waals surface area (Å²) < 4.78 is 5.77. The van der Waals surface area contributed by atoms with Crippen molar-refractivity contribution >= 4 is 22.8 Å². The lowest BCUT2D eigenvalue weighted by atomic mass is 9.94. The van der Waals surface area contributed by atoms with Crippen LogP contribution in [0.1, 0.15) is 233 Å². The zero-order valence-corrected chi connectivity index (χ0v) is 36.4. The van der Waals surface area contributed by atoms with Gasteiger partial charge in [0.15, 0.2) is 5.12 Å². The molecule has 0 bridgehead atoms. The average Bonchev–Trinajstić information content (AvgIpc) is 3.14. The van der Waals surface area contributed by atoms with Crippen molar-refractivity contribution in [3.05, 3.63) is 0 Å². The summed E-state index contributed by atoms with van der Waals surface area (Å²) in [5.74, 6) is 1.44. The van der Waals surface area contributed by atoms with Gasteiger partial charge in [-0.1, -0.05) is 181 Å². The maximum absolute atomic E-state index is 13.0. The second-order valence-electron chi connectivity index (χ2n) is 15.9. The van der Waals surface area contributed by atoms with Crippen LogP contribution in [0.3, 0.4) is 0 Å². The van der Waals surface area contributed by atoms with E-state index in [0.29, 0.717) is 11.7 Å². The largest absolute Gasteiger partial charge is 0.465 e. The first-order valence-electron chi connectivity index (χ1n) is 23.2. The molecule has 2 atom stereocenters. The minimum atomic E-state index is 0.0595. The van der Waals surface area contributed by atoms with Crippen LogP contribution < -0.4 is 0 Å². The van der Waals surface area contributed by atoms with Crippen molar-refractivity contribution in [3.63, 3.8) is 0 Å². The van der Waals surface area contributed by atoms with Gasteiger partial charge in [0.2, 0.25) is 0 Å². The van der Waals surface area contributed by atoms with E-state index in [0.717, 1.165) is 96.0 Å². The Hall–Kier alpha value is -0.590. The Morgan fingerprint density at radius 2 is 0.865 bits per heavy atom. The van der Waals surface area contributed by atoms with Crippen molar-refractivity contribution in [1.29, 1.82) is 0 Å². The number of rotatable bonds is 42. The van der Waals surface area contributed by atoms with Gasteiger partial charge < -0.3 is 14.7 Å². The molecule has 0 amide bonds. The third kappa shape index (κ3) is 33.9. The summed E-state index contributed by atoms with van der Waals surface area (Å²) in [6.07, 6.45) is 38.0. The molecule has 2 unspecified atom stereocenters. The summed E-state index contributed by atoms with van der Waals surface area (Å²) in [7, 11) is 0. The SMILES string of the molecule is CCCCCCCC(CCCCC)C(=O)OCCCCCCCN(CCCCO)CCCCCCCSC(=O)C(CCCCC)CCCCCCC. The van der Waals surface area contributed by atoms with Crippen LogP contribution in [0.5, 0.6) is 0 Å². The number of aliphatic hydroxyl groups is 1. The second kappa shape index (κ2) is 41.6. The van der Waals surface area contributed by atoms with Crippen molar-refractivity contribution in [2.75, 3.05) is 38.6 Å². The van der Waals surface area contributed by atoms with Crippen LogP contribution in [0, 0.1) is 11.8 Å². The predicted octanol–water partition coefficient (Wildman–Crippen LogP) is 13.9. The fourth-order valence-corrected chi connectivity index (χ4v) is 8.35. The first-order chi connectivity index (χ1) is 25.5. The monoisotopic (exact) mass is 754 g/mol. The van der Waals surface area contributed by atoms with Crippen molar-refractivity contribution in [3.8, 4) is 0 Å². The number of carbonyl (C=O) groups is 2. The summed E-state index contributed by atoms with van der Waals surface area (Å²) in [6, 6.07) is 0. The first kappa shape index (κ1) is 51.4. The van der Waals surface area contributed by atoms with E-state index in [9.17, 15) is 14.7 Å². The van der Waals surface area contributed by atoms with E-state index in [1.807, 2.05) is 0 Å². The molecule has 5 nitrogen and oxygen atoms in total. The van der Waals surface area contributed by atoms with Crippen LogP contribution in [-0.4, -0.2) is 59.7 Å². The molecule has 0 heterocycles. The summed E-state index contributed by atoms with van der Waals surface area (Å²) >= 11 is 1.63. The fourth-order valence-electron chi connectivity index (χ4n) is 7.33. The lowest BCUT2D eigenvalue weighted by molar-refractivity contribution is -0.149. The quantitative estimate of drug-likeness (QED) is 0.0494. The van der Waals surface area contributed by atoms with E-state index in [1.54, 1.807) is 11.8 Å². The molecule has 6 heteroatoms. The molecular weight excluding hydrogens is 663 g/mol. The third-order valence-corrected chi connectivity index (χ3v) is 12.0. The Morgan fingerprint density at radius 1 is 0.481 bits per heavy atom. The molecule has 0 aromatic heterocycles. The van der Waals surface area contributed by atoms with Crippen LogP contribution in [0.4, 0.5) is 0 Å². The van der Waals surface area contributed by atoms with Gasteiger partial charge >= 0.3 is 5.97 Å². The normalized spacial score (nSPS) is 12.8. The number of aliphatic hydroxyl groups excluding tert-OH is 1. The minimum Gasteiger partial charge on any atom is -0.465 e. The standard InChI is InChI=1S/C46H91NO4S/c1-5-9-13-17-25-34-43(33-23-11-7-3)45(49)51-41-31-21-15-19-27-37-47(39-29-30-40-48)38-28-20-16-22-32-42-52-46(50)44(35-24-12-8-4)36-26-18-14-10-6-2/h43-44,48H,5-42H2,1-4H3. The van der Waals surface area contributed by atoms with Crippen molar-refractivity contribution < 1.29 is 19.4 Å². The molecule has 0 saturated heterocycles. The lowest BCUT2D eigenvalue weighted by Gasteiger charge is -2.22. The summed E-state index contributed by atoms with van der Waals surface area (Å²) in [6.45, 7) is 13.2. The Bertz CT molecular complexity index is 694. The minimum absolute atomic E-state index is 0.0595. The number of thioether (sulfide) groups is 1. The van der Waals surface area contributed by atoms with Crippen molar-refractivity contribution in [1.82, 2.24) is 4.90 Å². The average molecular weight is 754 g/mol. The van der Waals surface area contributed by atoms with E-state index < -0.39 is 0 Å². The van der Waals surface area contributed by atoms with Crippen LogP contribution in [0.15, 0.2) is 0 Å².